The third-order valence-corrected chi connectivity index (χ3v) is 26.9. The van der Waals surface area contributed by atoms with Crippen molar-refractivity contribution in [3.8, 4) is 0 Å². The summed E-state index contributed by atoms with van der Waals surface area (Å²) in [6.07, 6.45) is 0. The van der Waals surface area contributed by atoms with E-state index in [1.165, 1.54) is 119 Å². The standard InChI is InChI=1S/C64H11O3P/c1-3-66-68(65,67-4-2)64-61-57-51-37-29-21-9-6-5-7-10(9)22-24-20-14(7)16-12-8(5)11-15-13(6)19-23(21)35(37)43-41-27(19)25(15)33-31-17(11)18(12)32-34-26(16)28(20)42-44-36(24)38(30(22)29)52(51)58(61)54(44)56-48(42)46(34)50-40(32)39(31)49-45(33)47(41)55(53(43)57)62(64)59(49)60(50)63(56)64/h61H,3-4H2,1-2H3. The minimum absolute atomic E-state index is 0.169. The van der Waals surface area contributed by atoms with E-state index in [4.69, 9.17) is 9.05 Å². The number of rotatable bonds is 5. The summed E-state index contributed by atoms with van der Waals surface area (Å²) < 4.78 is 32.1. The van der Waals surface area contributed by atoms with Crippen LogP contribution in [0, 0.1) is 0 Å². The summed E-state index contributed by atoms with van der Waals surface area (Å²) in [5, 5.41) is 82.7. The van der Waals surface area contributed by atoms with E-state index in [2.05, 4.69) is 13.8 Å². The van der Waals surface area contributed by atoms with Gasteiger partial charge >= 0.3 is 7.60 Å². The van der Waals surface area contributed by atoms with Crippen molar-refractivity contribution in [2.24, 2.45) is 0 Å². The quantitative estimate of drug-likeness (QED) is 0.128. The Kier molecular flexibility index (Phi) is 2.29. The number of benzene rings is 18. The first kappa shape index (κ1) is 26.2. The van der Waals surface area contributed by atoms with Gasteiger partial charge in [0.2, 0.25) is 0 Å². The fraction of sp³-hybridized carbons (Fsp3) is 0.0938. The third kappa shape index (κ3) is 1.38. The molecule has 0 saturated carbocycles. The van der Waals surface area contributed by atoms with Crippen LogP contribution in [-0.2, 0) is 18.8 Å². The molecule has 0 atom stereocenters. The van der Waals surface area contributed by atoms with Gasteiger partial charge in [-0.3, -0.25) is 4.57 Å². The summed E-state index contributed by atoms with van der Waals surface area (Å²) in [6.45, 7) is 4.82. The Morgan fingerprint density at radius 3 is 0.603 bits per heavy atom. The smallest absolute Gasteiger partial charge is 0.308 e. The lowest BCUT2D eigenvalue weighted by Gasteiger charge is -2.47. The van der Waals surface area contributed by atoms with Gasteiger partial charge in [-0.15, -0.1) is 0 Å². The zero-order valence-electron chi connectivity index (χ0n) is 35.2. The molecule has 68 heavy (non-hydrogen) atoms. The molecule has 0 unspecified atom stereocenters. The molecule has 0 heterocycles. The SMILES string of the molecule is CCOP(=O)(OCC)C12c3c4c5c6c7c8c(c9c%10c1c1c3c3c%11c4c4c5c5c7c7c%12c8c8c9c9c%10c%10c1c1c3c3c%11c%11c4c4c5c7c5c7c%12c8c8c9c9c%10c1c1c3c3c%11c4c5c4c7c8c9c1c34)C62. The van der Waals surface area contributed by atoms with Gasteiger partial charge in [-0.2, -0.15) is 0 Å². The highest BCUT2D eigenvalue weighted by atomic mass is 31.2. The lowest BCUT2D eigenvalue weighted by molar-refractivity contribution is 0.199. The van der Waals surface area contributed by atoms with Crippen molar-refractivity contribution < 1.29 is 13.6 Å². The van der Waals surface area contributed by atoms with Crippen LogP contribution < -0.4 is 0 Å². The van der Waals surface area contributed by atoms with E-state index >= 15 is 4.57 Å². The molecule has 0 saturated heterocycles. The minimum Gasteiger partial charge on any atom is -0.308 e. The molecule has 0 aromatic heterocycles. The van der Waals surface area contributed by atoms with Crippen LogP contribution in [0.25, 0.3) is 291 Å². The Morgan fingerprint density at radius 1 is 0.265 bits per heavy atom. The summed E-state index contributed by atoms with van der Waals surface area (Å²) in [4.78, 5) is 0. The maximum absolute atomic E-state index is 17.7. The number of hydrogen-bond donors (Lipinski definition) is 0. The molecule has 4 aliphatic rings. The van der Waals surface area contributed by atoms with Crippen molar-refractivity contribution in [1.29, 1.82) is 0 Å². The average Bonchev–Trinajstić information content (AvgIpc) is 4.26. The van der Waals surface area contributed by atoms with E-state index in [0.717, 1.165) is 0 Å². The van der Waals surface area contributed by atoms with E-state index in [0.29, 0.717) is 13.2 Å². The van der Waals surface area contributed by atoms with E-state index in [-0.39, 0.29) is 5.92 Å². The second-order valence-corrected chi connectivity index (χ2v) is 26.6. The number of hydrogen-bond acceptors (Lipinski definition) is 3. The Balaban J connectivity index is 1.23. The first-order valence-corrected chi connectivity index (χ1v) is 26.9. The van der Waals surface area contributed by atoms with Crippen molar-refractivity contribution in [3.63, 3.8) is 0 Å². The van der Waals surface area contributed by atoms with Crippen molar-refractivity contribution in [3.05, 3.63) is 22.3 Å². The largest absolute Gasteiger partial charge is 0.346 e. The predicted octanol–water partition coefficient (Wildman–Crippen LogP) is 18.4. The molecule has 28 aromatic rings. The van der Waals surface area contributed by atoms with E-state index in [9.17, 15) is 0 Å². The Hall–Kier alpha value is -7.39. The molecule has 0 radical (unpaired) electrons. The minimum atomic E-state index is -4.02. The van der Waals surface area contributed by atoms with Gasteiger partial charge in [0.05, 0.1) is 13.2 Å². The van der Waals surface area contributed by atoms with Gasteiger partial charge < -0.3 is 9.05 Å². The summed E-state index contributed by atoms with van der Waals surface area (Å²) in [6, 6.07) is 0. The molecular formula is C64H11O3P. The lowest BCUT2D eigenvalue weighted by atomic mass is 9.67. The third-order valence-electron chi connectivity index (χ3n) is 24.1. The summed E-state index contributed by atoms with van der Waals surface area (Å²) in [7, 11) is -4.02. The molecule has 0 spiro atoms. The highest BCUT2D eigenvalue weighted by Gasteiger charge is 2.70. The lowest BCUT2D eigenvalue weighted by Crippen LogP contribution is -2.38. The van der Waals surface area contributed by atoms with Crippen LogP contribution in [0.1, 0.15) is 42.0 Å². The molecule has 0 amide bonds. The van der Waals surface area contributed by atoms with Crippen LogP contribution >= 0.6 is 7.60 Å². The monoisotopic (exact) mass is 858 g/mol. The highest BCUT2D eigenvalue weighted by molar-refractivity contribution is 7.55. The maximum atomic E-state index is 17.7. The van der Waals surface area contributed by atoms with Gasteiger partial charge in [0, 0.05) is 5.92 Å². The van der Waals surface area contributed by atoms with Crippen molar-refractivity contribution in [2.75, 3.05) is 13.2 Å². The average molecular weight is 859 g/mol. The topological polar surface area (TPSA) is 35.5 Å². The molecule has 0 aliphatic heterocycles. The van der Waals surface area contributed by atoms with Gasteiger partial charge in [0.1, 0.15) is 5.16 Å². The van der Waals surface area contributed by atoms with Crippen LogP contribution in [0.4, 0.5) is 0 Å². The second kappa shape index (κ2) is 5.94. The fourth-order valence-electron chi connectivity index (χ4n) is 24.2. The molecule has 3 nitrogen and oxygen atoms in total. The van der Waals surface area contributed by atoms with Crippen LogP contribution in [-0.4, -0.2) is 13.2 Å². The molecule has 28 aromatic carbocycles. The van der Waals surface area contributed by atoms with E-state index in [1.54, 1.807) is 194 Å². The zero-order chi connectivity index (χ0) is 40.9. The Morgan fingerprint density at radius 2 is 0.412 bits per heavy atom. The molecule has 0 N–H and O–H groups in total. The van der Waals surface area contributed by atoms with E-state index in [1.807, 2.05) is 0 Å². The molecule has 4 heteroatoms. The van der Waals surface area contributed by atoms with Crippen LogP contribution in [0.2, 0.25) is 0 Å². The van der Waals surface area contributed by atoms with Crippen molar-refractivity contribution >= 4 is 298 Å². The van der Waals surface area contributed by atoms with Crippen molar-refractivity contribution in [1.82, 2.24) is 0 Å². The molecule has 32 rings (SSSR count). The summed E-state index contributed by atoms with van der Waals surface area (Å²) >= 11 is 0. The van der Waals surface area contributed by atoms with Crippen LogP contribution in [0.15, 0.2) is 0 Å². The molecule has 290 valence electrons. The molecule has 0 fully saturated rings. The van der Waals surface area contributed by atoms with Gasteiger partial charge in [0.15, 0.2) is 0 Å². The molecular weight excluding hydrogens is 848 g/mol. The van der Waals surface area contributed by atoms with Gasteiger partial charge in [0.25, 0.3) is 0 Å². The first-order chi connectivity index (χ1) is 33.7. The molecule has 4 aliphatic carbocycles. The normalized spacial score (nSPS) is 21.3. The van der Waals surface area contributed by atoms with Crippen LogP contribution in [0.3, 0.4) is 0 Å². The Labute approximate surface area is 370 Å². The maximum Gasteiger partial charge on any atom is 0.346 e. The predicted molar refractivity (Wildman–Crippen MR) is 286 cm³/mol. The summed E-state index contributed by atoms with van der Waals surface area (Å²) in [5.41, 5.74) is 5.64. The second-order valence-electron chi connectivity index (χ2n) is 24.4. The Bertz CT molecular complexity index is 6900. The zero-order valence-corrected chi connectivity index (χ0v) is 36.1. The first-order valence-electron chi connectivity index (χ1n) is 25.4. The summed E-state index contributed by atoms with van der Waals surface area (Å²) in [5.74, 6) is -0.169. The highest BCUT2D eigenvalue weighted by Crippen LogP contribution is 2.89. The van der Waals surface area contributed by atoms with Gasteiger partial charge in [-0.25, -0.2) is 0 Å². The van der Waals surface area contributed by atoms with Crippen LogP contribution in [0.5, 0.6) is 0 Å². The fourth-order valence-corrected chi connectivity index (χ4v) is 26.9. The van der Waals surface area contributed by atoms with Gasteiger partial charge in [-0.1, -0.05) is 0 Å². The van der Waals surface area contributed by atoms with Gasteiger partial charge in [-0.05, 0) is 327 Å². The molecule has 0 bridgehead atoms. The van der Waals surface area contributed by atoms with Crippen molar-refractivity contribution in [2.45, 2.75) is 24.9 Å². The van der Waals surface area contributed by atoms with E-state index < -0.39 is 12.8 Å².